The van der Waals surface area contributed by atoms with Crippen LogP contribution in [0.15, 0.2) is 36.4 Å². The smallest absolute Gasteiger partial charge is 0.345 e. The number of benzene rings is 2. The molecule has 0 amide bonds. The molecule has 32 heavy (non-hydrogen) atoms. The predicted octanol–water partition coefficient (Wildman–Crippen LogP) is 2.46. The minimum Gasteiger partial charge on any atom is -0.507 e. The molecule has 0 saturated carbocycles. The minimum absolute atomic E-state index is 0.0320. The van der Waals surface area contributed by atoms with Gasteiger partial charge in [0.15, 0.2) is 0 Å². The molecule has 2 rings (SSSR count). The summed E-state index contributed by atoms with van der Waals surface area (Å²) in [6.45, 7) is 3.06. The van der Waals surface area contributed by atoms with E-state index in [1.165, 1.54) is 24.3 Å². The number of ether oxygens (including phenoxy) is 5. The number of esters is 1. The SMILES string of the molecule is CCOC(=O)c1c(O)cccc1OCCOCCOCCOc1cccc(O)c1C(=O)O. The van der Waals surface area contributed by atoms with Crippen LogP contribution >= 0.6 is 0 Å². The molecule has 0 saturated heterocycles. The summed E-state index contributed by atoms with van der Waals surface area (Å²) in [6.07, 6.45) is 0. The first-order chi connectivity index (χ1) is 15.5. The van der Waals surface area contributed by atoms with Crippen LogP contribution in [0.3, 0.4) is 0 Å². The molecule has 0 bridgehead atoms. The van der Waals surface area contributed by atoms with Gasteiger partial charge in [-0.15, -0.1) is 0 Å². The van der Waals surface area contributed by atoms with E-state index in [-0.39, 0.29) is 80.4 Å². The molecule has 0 unspecified atom stereocenters. The van der Waals surface area contributed by atoms with Gasteiger partial charge in [0.1, 0.15) is 47.3 Å². The van der Waals surface area contributed by atoms with Crippen LogP contribution in [0.25, 0.3) is 0 Å². The molecule has 0 aromatic heterocycles. The number of carbonyl (C=O) groups is 2. The second-order valence-corrected chi connectivity index (χ2v) is 6.25. The van der Waals surface area contributed by atoms with Gasteiger partial charge in [0.2, 0.25) is 0 Å². The third-order valence-electron chi connectivity index (χ3n) is 4.04. The maximum absolute atomic E-state index is 11.9. The Balaban J connectivity index is 1.61. The number of phenols is 2. The van der Waals surface area contributed by atoms with Gasteiger partial charge >= 0.3 is 11.9 Å². The van der Waals surface area contributed by atoms with Crippen molar-refractivity contribution >= 4 is 11.9 Å². The van der Waals surface area contributed by atoms with E-state index < -0.39 is 11.9 Å². The molecule has 10 heteroatoms. The number of hydrogen-bond acceptors (Lipinski definition) is 9. The lowest BCUT2D eigenvalue weighted by Crippen LogP contribution is -2.15. The zero-order valence-electron chi connectivity index (χ0n) is 17.6. The highest BCUT2D eigenvalue weighted by Crippen LogP contribution is 2.28. The average molecular weight is 450 g/mol. The summed E-state index contributed by atoms with van der Waals surface area (Å²) < 4.78 is 26.5. The van der Waals surface area contributed by atoms with Crippen molar-refractivity contribution in [2.45, 2.75) is 6.92 Å². The van der Waals surface area contributed by atoms with Crippen molar-refractivity contribution < 1.29 is 48.6 Å². The van der Waals surface area contributed by atoms with Crippen molar-refractivity contribution in [2.24, 2.45) is 0 Å². The number of hydrogen-bond donors (Lipinski definition) is 3. The lowest BCUT2D eigenvalue weighted by atomic mass is 10.2. The van der Waals surface area contributed by atoms with Gasteiger partial charge in [0.25, 0.3) is 0 Å². The Bertz CT molecular complexity index is 896. The van der Waals surface area contributed by atoms with Crippen molar-refractivity contribution in [1.82, 2.24) is 0 Å². The van der Waals surface area contributed by atoms with Gasteiger partial charge in [0.05, 0.1) is 33.0 Å². The second-order valence-electron chi connectivity index (χ2n) is 6.25. The number of carboxylic acid groups (broad SMARTS) is 1. The van der Waals surface area contributed by atoms with Crippen LogP contribution < -0.4 is 9.47 Å². The van der Waals surface area contributed by atoms with Gasteiger partial charge in [-0.25, -0.2) is 9.59 Å². The number of aromatic hydroxyl groups is 2. The molecule has 2 aromatic carbocycles. The molecule has 10 nitrogen and oxygen atoms in total. The molecular formula is C22H26O10. The fourth-order valence-corrected chi connectivity index (χ4v) is 2.65. The summed E-state index contributed by atoms with van der Waals surface area (Å²) in [5.74, 6) is -2.28. The fraction of sp³-hybridized carbons (Fsp3) is 0.364. The Morgan fingerprint density at radius 3 is 1.72 bits per heavy atom. The van der Waals surface area contributed by atoms with Gasteiger partial charge in [-0.2, -0.15) is 0 Å². The molecule has 0 spiro atoms. The molecule has 0 fully saturated rings. The Morgan fingerprint density at radius 1 is 0.750 bits per heavy atom. The van der Waals surface area contributed by atoms with Crippen molar-refractivity contribution in [2.75, 3.05) is 46.2 Å². The number of carbonyl (C=O) groups excluding carboxylic acids is 1. The van der Waals surface area contributed by atoms with Gasteiger partial charge in [-0.3, -0.25) is 0 Å². The van der Waals surface area contributed by atoms with E-state index in [1.807, 2.05) is 0 Å². The van der Waals surface area contributed by atoms with Gasteiger partial charge < -0.3 is 39.0 Å². The van der Waals surface area contributed by atoms with Gasteiger partial charge in [-0.1, -0.05) is 12.1 Å². The monoisotopic (exact) mass is 450 g/mol. The van der Waals surface area contributed by atoms with Crippen molar-refractivity contribution in [1.29, 1.82) is 0 Å². The Kier molecular flexibility index (Phi) is 10.1. The molecular weight excluding hydrogens is 424 g/mol. The van der Waals surface area contributed by atoms with Crippen LogP contribution in [0.2, 0.25) is 0 Å². The normalized spacial score (nSPS) is 10.5. The van der Waals surface area contributed by atoms with E-state index >= 15 is 0 Å². The molecule has 0 radical (unpaired) electrons. The summed E-state index contributed by atoms with van der Waals surface area (Å²) in [6, 6.07) is 8.69. The number of carboxylic acids is 1. The zero-order valence-corrected chi connectivity index (χ0v) is 17.6. The van der Waals surface area contributed by atoms with E-state index in [2.05, 4.69) is 0 Å². The second kappa shape index (κ2) is 13.0. The van der Waals surface area contributed by atoms with Crippen molar-refractivity contribution in [3.05, 3.63) is 47.5 Å². The first-order valence-corrected chi connectivity index (χ1v) is 9.91. The lowest BCUT2D eigenvalue weighted by molar-refractivity contribution is 0.0267. The Hall–Kier alpha value is -3.50. The molecule has 0 aliphatic carbocycles. The summed E-state index contributed by atoms with van der Waals surface area (Å²) in [7, 11) is 0. The van der Waals surface area contributed by atoms with E-state index in [1.54, 1.807) is 19.1 Å². The number of rotatable bonds is 14. The van der Waals surface area contributed by atoms with E-state index in [9.17, 15) is 19.8 Å². The van der Waals surface area contributed by atoms with Crippen molar-refractivity contribution in [3.63, 3.8) is 0 Å². The van der Waals surface area contributed by atoms with Gasteiger partial charge in [-0.05, 0) is 31.2 Å². The third-order valence-corrected chi connectivity index (χ3v) is 4.04. The highest BCUT2D eigenvalue weighted by Gasteiger charge is 2.18. The fourth-order valence-electron chi connectivity index (χ4n) is 2.65. The molecule has 3 N–H and O–H groups in total. The number of aromatic carboxylic acids is 1. The molecule has 0 aliphatic rings. The van der Waals surface area contributed by atoms with Crippen LogP contribution in [0.4, 0.5) is 0 Å². The maximum Gasteiger partial charge on any atom is 0.345 e. The molecule has 0 atom stereocenters. The van der Waals surface area contributed by atoms with Crippen LogP contribution in [-0.2, 0) is 14.2 Å². The quantitative estimate of drug-likeness (QED) is 0.290. The first kappa shape index (κ1) is 24.8. The standard InChI is InChI=1S/C22H26O10/c1-2-30-22(27)20-16(24)6-4-8-18(20)32-14-12-29-10-9-28-11-13-31-17-7-3-5-15(23)19(17)21(25)26/h3-8,23-24H,2,9-14H2,1H3,(H,25,26). The minimum atomic E-state index is -1.28. The molecule has 174 valence electrons. The van der Waals surface area contributed by atoms with E-state index in [0.29, 0.717) is 0 Å². The maximum atomic E-state index is 11.9. The third kappa shape index (κ3) is 7.33. The van der Waals surface area contributed by atoms with Crippen LogP contribution in [-0.4, -0.2) is 73.5 Å². The first-order valence-electron chi connectivity index (χ1n) is 9.91. The lowest BCUT2D eigenvalue weighted by Gasteiger charge is -2.12. The highest BCUT2D eigenvalue weighted by molar-refractivity contribution is 5.95. The van der Waals surface area contributed by atoms with Crippen LogP contribution in [0.1, 0.15) is 27.6 Å². The summed E-state index contributed by atoms with van der Waals surface area (Å²) >= 11 is 0. The van der Waals surface area contributed by atoms with Crippen molar-refractivity contribution in [3.8, 4) is 23.0 Å². The highest BCUT2D eigenvalue weighted by atomic mass is 16.6. The topological polar surface area (TPSA) is 141 Å². The zero-order chi connectivity index (χ0) is 23.3. The summed E-state index contributed by atoms with van der Waals surface area (Å²) in [4.78, 5) is 23.1. The molecule has 0 heterocycles. The largest absolute Gasteiger partial charge is 0.507 e. The Morgan fingerprint density at radius 2 is 1.22 bits per heavy atom. The molecule has 2 aromatic rings. The average Bonchev–Trinajstić information content (AvgIpc) is 2.75. The number of phenolic OH excluding ortho intramolecular Hbond substituents is 1. The Labute approximate surface area is 184 Å². The van der Waals surface area contributed by atoms with Crippen LogP contribution in [0, 0.1) is 0 Å². The predicted molar refractivity (Wildman–Crippen MR) is 112 cm³/mol. The van der Waals surface area contributed by atoms with Gasteiger partial charge in [0, 0.05) is 0 Å². The summed E-state index contributed by atoms with van der Waals surface area (Å²) in [5, 5.41) is 28.6. The van der Waals surface area contributed by atoms with Crippen LogP contribution in [0.5, 0.6) is 23.0 Å². The molecule has 0 aliphatic heterocycles. The summed E-state index contributed by atoms with van der Waals surface area (Å²) in [5.41, 5.74) is -0.329. The van der Waals surface area contributed by atoms with E-state index in [0.717, 1.165) is 0 Å². The van der Waals surface area contributed by atoms with E-state index in [4.69, 9.17) is 28.8 Å².